The predicted octanol–water partition coefficient (Wildman–Crippen LogP) is 2.41. The Kier molecular flexibility index (Phi) is 4.32. The number of aliphatic carboxylic acids is 1. The summed E-state index contributed by atoms with van der Waals surface area (Å²) in [5, 5.41) is 12.1. The second-order valence-electron chi connectivity index (χ2n) is 5.21. The number of carbonyl (C=O) groups excluding carboxylic acids is 1. The largest absolute Gasteiger partial charge is 0.481 e. The molecule has 2 rings (SSSR count). The van der Waals surface area contributed by atoms with Crippen LogP contribution in [0.5, 0.6) is 0 Å². The van der Waals surface area contributed by atoms with E-state index in [1.807, 2.05) is 0 Å². The van der Waals surface area contributed by atoms with Crippen LogP contribution in [-0.2, 0) is 4.79 Å². The molecule has 0 spiro atoms. The van der Waals surface area contributed by atoms with Gasteiger partial charge in [-0.3, -0.25) is 9.59 Å². The van der Waals surface area contributed by atoms with Gasteiger partial charge in [0.05, 0.1) is 5.41 Å². The molecule has 1 aliphatic carbocycles. The maximum atomic E-state index is 12.1. The zero-order valence-electron chi connectivity index (χ0n) is 11.0. The van der Waals surface area contributed by atoms with Gasteiger partial charge in [0.15, 0.2) is 0 Å². The Hall–Kier alpha value is -1.56. The number of carbonyl (C=O) groups is 2. The summed E-state index contributed by atoms with van der Waals surface area (Å²) in [6, 6.07) is 4.92. The van der Waals surface area contributed by atoms with Gasteiger partial charge in [0.1, 0.15) is 0 Å². The first-order chi connectivity index (χ1) is 9.44. The third-order valence-corrected chi connectivity index (χ3v) is 4.58. The van der Waals surface area contributed by atoms with E-state index in [1.165, 1.54) is 0 Å². The van der Waals surface area contributed by atoms with Crippen molar-refractivity contribution >= 4 is 33.5 Å². The highest BCUT2D eigenvalue weighted by Gasteiger charge is 2.41. The van der Waals surface area contributed by atoms with E-state index in [0.717, 1.165) is 17.3 Å². The lowest BCUT2D eigenvalue weighted by molar-refractivity contribution is -0.148. The van der Waals surface area contributed by atoms with Crippen molar-refractivity contribution in [1.29, 1.82) is 0 Å². The van der Waals surface area contributed by atoms with Crippen LogP contribution in [0.3, 0.4) is 0 Å². The summed E-state index contributed by atoms with van der Waals surface area (Å²) in [7, 11) is 0. The van der Waals surface area contributed by atoms with Crippen molar-refractivity contribution in [2.75, 3.05) is 12.3 Å². The van der Waals surface area contributed by atoms with Crippen molar-refractivity contribution in [3.05, 3.63) is 28.2 Å². The minimum atomic E-state index is -0.828. The molecule has 1 fully saturated rings. The molecular weight excluding hydrogens is 324 g/mol. The minimum Gasteiger partial charge on any atom is -0.481 e. The van der Waals surface area contributed by atoms with Crippen LogP contribution in [0.2, 0.25) is 0 Å². The third kappa shape index (κ3) is 2.95. The SMILES string of the molecule is Nc1cc(C(=O)NCC2(C(=O)O)CCCC2)ccc1Br. The molecule has 0 unspecified atom stereocenters. The lowest BCUT2D eigenvalue weighted by Crippen LogP contribution is -2.41. The van der Waals surface area contributed by atoms with Crippen molar-refractivity contribution < 1.29 is 14.7 Å². The number of nitrogens with two attached hydrogens (primary N) is 1. The molecule has 1 aliphatic rings. The number of rotatable bonds is 4. The number of hydrogen-bond donors (Lipinski definition) is 3. The second-order valence-corrected chi connectivity index (χ2v) is 6.07. The molecule has 0 radical (unpaired) electrons. The van der Waals surface area contributed by atoms with Crippen molar-refractivity contribution in [1.82, 2.24) is 5.32 Å². The highest BCUT2D eigenvalue weighted by molar-refractivity contribution is 9.10. The predicted molar refractivity (Wildman–Crippen MR) is 79.4 cm³/mol. The smallest absolute Gasteiger partial charge is 0.311 e. The topological polar surface area (TPSA) is 92.4 Å². The number of hydrogen-bond acceptors (Lipinski definition) is 3. The van der Waals surface area contributed by atoms with Gasteiger partial charge >= 0.3 is 5.97 Å². The summed E-state index contributed by atoms with van der Waals surface area (Å²) >= 11 is 3.26. The van der Waals surface area contributed by atoms with Gasteiger partial charge in [-0.15, -0.1) is 0 Å². The van der Waals surface area contributed by atoms with Crippen LogP contribution in [0.15, 0.2) is 22.7 Å². The molecule has 0 atom stereocenters. The molecule has 4 N–H and O–H groups in total. The molecule has 0 saturated heterocycles. The second kappa shape index (κ2) is 5.83. The highest BCUT2D eigenvalue weighted by Crippen LogP contribution is 2.37. The Labute approximate surface area is 125 Å². The van der Waals surface area contributed by atoms with Crippen LogP contribution in [-0.4, -0.2) is 23.5 Å². The van der Waals surface area contributed by atoms with Gasteiger partial charge < -0.3 is 16.2 Å². The Bertz CT molecular complexity index is 539. The number of nitrogen functional groups attached to an aromatic ring is 1. The zero-order chi connectivity index (χ0) is 14.8. The normalized spacial score (nSPS) is 16.9. The van der Waals surface area contributed by atoms with Gasteiger partial charge in [-0.05, 0) is 47.0 Å². The van der Waals surface area contributed by atoms with Crippen LogP contribution in [0.1, 0.15) is 36.0 Å². The fraction of sp³-hybridized carbons (Fsp3) is 0.429. The number of carboxylic acids is 1. The van der Waals surface area contributed by atoms with Gasteiger partial charge in [0.25, 0.3) is 5.91 Å². The summed E-state index contributed by atoms with van der Waals surface area (Å²) in [4.78, 5) is 23.4. The monoisotopic (exact) mass is 340 g/mol. The van der Waals surface area contributed by atoms with E-state index in [-0.39, 0.29) is 12.5 Å². The third-order valence-electron chi connectivity index (χ3n) is 3.86. The van der Waals surface area contributed by atoms with E-state index >= 15 is 0 Å². The van der Waals surface area contributed by atoms with Gasteiger partial charge in [0.2, 0.25) is 0 Å². The van der Waals surface area contributed by atoms with Crippen LogP contribution in [0.4, 0.5) is 5.69 Å². The first-order valence-corrected chi connectivity index (χ1v) is 7.30. The van der Waals surface area contributed by atoms with Gasteiger partial charge in [-0.2, -0.15) is 0 Å². The molecule has 0 bridgehead atoms. The van der Waals surface area contributed by atoms with E-state index in [0.29, 0.717) is 24.1 Å². The van der Waals surface area contributed by atoms with Gasteiger partial charge in [-0.25, -0.2) is 0 Å². The average Bonchev–Trinajstić information content (AvgIpc) is 2.89. The summed E-state index contributed by atoms with van der Waals surface area (Å²) in [6.07, 6.45) is 3.02. The number of benzene rings is 1. The highest BCUT2D eigenvalue weighted by atomic mass is 79.9. The maximum Gasteiger partial charge on any atom is 0.311 e. The van der Waals surface area contributed by atoms with Crippen molar-refractivity contribution in [2.24, 2.45) is 5.41 Å². The summed E-state index contributed by atoms with van der Waals surface area (Å²) in [6.45, 7) is 0.164. The molecule has 6 heteroatoms. The molecule has 5 nitrogen and oxygen atoms in total. The minimum absolute atomic E-state index is 0.164. The molecule has 0 heterocycles. The average molecular weight is 341 g/mol. The lowest BCUT2D eigenvalue weighted by atomic mass is 9.86. The number of nitrogens with one attached hydrogen (secondary N) is 1. The summed E-state index contributed by atoms with van der Waals surface area (Å²) < 4.78 is 0.729. The van der Waals surface area contributed by atoms with Crippen molar-refractivity contribution in [3.8, 4) is 0 Å². The zero-order valence-corrected chi connectivity index (χ0v) is 12.6. The standard InChI is InChI=1S/C14H17BrN2O3/c15-10-4-3-9(7-11(10)16)12(18)17-8-14(13(19)20)5-1-2-6-14/h3-4,7H,1-2,5-6,8,16H2,(H,17,18)(H,19,20). The molecule has 1 aromatic rings. The van der Waals surface area contributed by atoms with Gasteiger partial charge in [0, 0.05) is 22.3 Å². The number of amides is 1. The van der Waals surface area contributed by atoms with Crippen molar-refractivity contribution in [2.45, 2.75) is 25.7 Å². The first kappa shape index (κ1) is 14.8. The van der Waals surface area contributed by atoms with E-state index in [9.17, 15) is 14.7 Å². The molecule has 1 aromatic carbocycles. The molecule has 20 heavy (non-hydrogen) atoms. The molecule has 1 saturated carbocycles. The Morgan fingerprint density at radius 3 is 2.55 bits per heavy atom. The summed E-state index contributed by atoms with van der Waals surface area (Å²) in [5.74, 6) is -1.12. The van der Waals surface area contributed by atoms with E-state index in [1.54, 1.807) is 18.2 Å². The number of carboxylic acid groups (broad SMARTS) is 1. The first-order valence-electron chi connectivity index (χ1n) is 6.51. The van der Waals surface area contributed by atoms with Crippen LogP contribution >= 0.6 is 15.9 Å². The molecule has 1 amide bonds. The molecule has 0 aromatic heterocycles. The molecular formula is C14H17BrN2O3. The van der Waals surface area contributed by atoms with Crippen molar-refractivity contribution in [3.63, 3.8) is 0 Å². The van der Waals surface area contributed by atoms with E-state index in [2.05, 4.69) is 21.2 Å². The molecule has 0 aliphatic heterocycles. The quantitative estimate of drug-likeness (QED) is 0.734. The van der Waals surface area contributed by atoms with E-state index < -0.39 is 11.4 Å². The fourth-order valence-electron chi connectivity index (χ4n) is 2.55. The molecule has 108 valence electrons. The lowest BCUT2D eigenvalue weighted by Gasteiger charge is -2.24. The van der Waals surface area contributed by atoms with E-state index in [4.69, 9.17) is 5.73 Å². The van der Waals surface area contributed by atoms with Crippen LogP contribution in [0.25, 0.3) is 0 Å². The number of halogens is 1. The van der Waals surface area contributed by atoms with Crippen LogP contribution in [0, 0.1) is 5.41 Å². The fourth-order valence-corrected chi connectivity index (χ4v) is 2.80. The maximum absolute atomic E-state index is 12.1. The van der Waals surface area contributed by atoms with Gasteiger partial charge in [-0.1, -0.05) is 12.8 Å². The number of anilines is 1. The Morgan fingerprint density at radius 1 is 1.35 bits per heavy atom. The summed E-state index contributed by atoms with van der Waals surface area (Å²) in [5.41, 5.74) is 5.83. The Balaban J connectivity index is 2.04. The Morgan fingerprint density at radius 2 is 2.00 bits per heavy atom. The van der Waals surface area contributed by atoms with Crippen LogP contribution < -0.4 is 11.1 Å².